The van der Waals surface area contributed by atoms with Crippen LogP contribution < -0.4 is 19.9 Å². The van der Waals surface area contributed by atoms with E-state index in [0.717, 1.165) is 23.1 Å². The molecule has 0 aliphatic rings. The first-order valence-corrected chi connectivity index (χ1v) is 7.31. The van der Waals surface area contributed by atoms with Crippen molar-refractivity contribution in [1.29, 1.82) is 0 Å². The molecular formula is C17H20ClNO3. The fourth-order valence-electron chi connectivity index (χ4n) is 2.41. The number of ether oxygens (including phenoxy) is 3. The van der Waals surface area contributed by atoms with Crippen molar-refractivity contribution in [1.82, 2.24) is 0 Å². The van der Waals surface area contributed by atoms with Crippen LogP contribution in [0.1, 0.15) is 5.56 Å². The van der Waals surface area contributed by atoms with E-state index in [9.17, 15) is 0 Å². The molecule has 0 unspecified atom stereocenters. The molecule has 0 spiro atoms. The number of methoxy groups -OCH3 is 3. The molecule has 0 saturated heterocycles. The standard InChI is InChI=1S/C17H20ClNO3/c1-20-15-7-5-12(16(21-2)17(15)22-3)13-10-11(8-9-19)4-6-14(13)18/h4-7,10H,8-9,19H2,1-3H3. The molecule has 4 nitrogen and oxygen atoms in total. The molecule has 22 heavy (non-hydrogen) atoms. The van der Waals surface area contributed by atoms with E-state index in [0.29, 0.717) is 28.8 Å². The quantitative estimate of drug-likeness (QED) is 0.884. The predicted octanol–water partition coefficient (Wildman–Crippen LogP) is 3.53. The number of halogens is 1. The molecule has 2 N–H and O–H groups in total. The lowest BCUT2D eigenvalue weighted by Crippen LogP contribution is -2.03. The normalized spacial score (nSPS) is 10.4. The van der Waals surface area contributed by atoms with Gasteiger partial charge in [0.05, 0.1) is 21.3 Å². The van der Waals surface area contributed by atoms with Crippen LogP contribution in [0.25, 0.3) is 11.1 Å². The third kappa shape index (κ3) is 3.13. The van der Waals surface area contributed by atoms with Gasteiger partial charge in [-0.2, -0.15) is 0 Å². The molecule has 0 heterocycles. The summed E-state index contributed by atoms with van der Waals surface area (Å²) < 4.78 is 16.3. The Bertz CT molecular complexity index is 659. The number of nitrogens with two attached hydrogens (primary N) is 1. The highest BCUT2D eigenvalue weighted by atomic mass is 35.5. The van der Waals surface area contributed by atoms with E-state index in [-0.39, 0.29) is 0 Å². The fourth-order valence-corrected chi connectivity index (χ4v) is 2.63. The van der Waals surface area contributed by atoms with E-state index < -0.39 is 0 Å². The fraction of sp³-hybridized carbons (Fsp3) is 0.294. The molecule has 2 rings (SSSR count). The van der Waals surface area contributed by atoms with Gasteiger partial charge in [-0.15, -0.1) is 0 Å². The Labute approximate surface area is 135 Å². The molecule has 5 heteroatoms. The van der Waals surface area contributed by atoms with Crippen molar-refractivity contribution in [3.05, 3.63) is 40.9 Å². The van der Waals surface area contributed by atoms with Gasteiger partial charge in [-0.1, -0.05) is 17.7 Å². The zero-order valence-corrected chi connectivity index (χ0v) is 13.7. The molecule has 0 atom stereocenters. The Balaban J connectivity index is 2.64. The molecule has 0 saturated carbocycles. The van der Waals surface area contributed by atoms with Crippen molar-refractivity contribution in [2.24, 2.45) is 5.73 Å². The minimum Gasteiger partial charge on any atom is -0.493 e. The van der Waals surface area contributed by atoms with Crippen LogP contribution in [0.2, 0.25) is 5.02 Å². The minimum absolute atomic E-state index is 0.544. The molecule has 0 radical (unpaired) electrons. The molecule has 118 valence electrons. The largest absolute Gasteiger partial charge is 0.493 e. The lowest BCUT2D eigenvalue weighted by molar-refractivity contribution is 0.325. The smallest absolute Gasteiger partial charge is 0.203 e. The second-order valence-electron chi connectivity index (χ2n) is 4.73. The van der Waals surface area contributed by atoms with Crippen LogP contribution in [0.3, 0.4) is 0 Å². The Kier molecular flexibility index (Phi) is 5.52. The SMILES string of the molecule is COc1ccc(-c2cc(CCN)ccc2Cl)c(OC)c1OC. The highest BCUT2D eigenvalue weighted by Crippen LogP contribution is 2.45. The maximum atomic E-state index is 6.37. The highest BCUT2D eigenvalue weighted by molar-refractivity contribution is 6.33. The molecule has 0 bridgehead atoms. The van der Waals surface area contributed by atoms with Crippen LogP contribution in [0, 0.1) is 0 Å². The van der Waals surface area contributed by atoms with Gasteiger partial charge >= 0.3 is 0 Å². The number of hydrogen-bond donors (Lipinski definition) is 1. The molecule has 0 aliphatic heterocycles. The van der Waals surface area contributed by atoms with Gasteiger partial charge in [-0.3, -0.25) is 0 Å². The molecule has 0 aliphatic carbocycles. The van der Waals surface area contributed by atoms with Gasteiger partial charge in [0.2, 0.25) is 5.75 Å². The zero-order chi connectivity index (χ0) is 16.1. The first kappa shape index (κ1) is 16.5. The highest BCUT2D eigenvalue weighted by Gasteiger charge is 2.18. The maximum Gasteiger partial charge on any atom is 0.203 e. The summed E-state index contributed by atoms with van der Waals surface area (Å²) in [7, 11) is 4.76. The molecule has 0 amide bonds. The van der Waals surface area contributed by atoms with Crippen LogP contribution >= 0.6 is 11.6 Å². The van der Waals surface area contributed by atoms with Crippen LogP contribution in [0.4, 0.5) is 0 Å². The molecule has 2 aromatic carbocycles. The summed E-state index contributed by atoms with van der Waals surface area (Å²) in [4.78, 5) is 0. The Hall–Kier alpha value is -1.91. The lowest BCUT2D eigenvalue weighted by atomic mass is 10.00. The van der Waals surface area contributed by atoms with E-state index in [1.54, 1.807) is 21.3 Å². The molecule has 0 fully saturated rings. The Morgan fingerprint density at radius 1 is 0.909 bits per heavy atom. The third-order valence-electron chi connectivity index (χ3n) is 3.46. The van der Waals surface area contributed by atoms with Crippen LogP contribution in [0.15, 0.2) is 30.3 Å². The molecular weight excluding hydrogens is 302 g/mol. The van der Waals surface area contributed by atoms with Crippen molar-refractivity contribution < 1.29 is 14.2 Å². The number of rotatable bonds is 6. The van der Waals surface area contributed by atoms with Gasteiger partial charge in [-0.05, 0) is 42.8 Å². The summed E-state index contributed by atoms with van der Waals surface area (Å²) in [6.45, 7) is 0.587. The zero-order valence-electron chi connectivity index (χ0n) is 13.0. The monoisotopic (exact) mass is 321 g/mol. The predicted molar refractivity (Wildman–Crippen MR) is 89.3 cm³/mol. The van der Waals surface area contributed by atoms with Crippen molar-refractivity contribution >= 4 is 11.6 Å². The molecule has 0 aromatic heterocycles. The number of hydrogen-bond acceptors (Lipinski definition) is 4. The van der Waals surface area contributed by atoms with Gasteiger partial charge in [0.25, 0.3) is 0 Å². The van der Waals surface area contributed by atoms with E-state index in [2.05, 4.69) is 0 Å². The third-order valence-corrected chi connectivity index (χ3v) is 3.79. The summed E-state index contributed by atoms with van der Waals surface area (Å²) in [5, 5.41) is 0.645. The van der Waals surface area contributed by atoms with E-state index in [1.165, 1.54) is 0 Å². The average molecular weight is 322 g/mol. The van der Waals surface area contributed by atoms with Crippen molar-refractivity contribution in [3.63, 3.8) is 0 Å². The van der Waals surface area contributed by atoms with Gasteiger partial charge in [0, 0.05) is 16.1 Å². The van der Waals surface area contributed by atoms with E-state index >= 15 is 0 Å². The van der Waals surface area contributed by atoms with E-state index in [1.807, 2.05) is 30.3 Å². The number of benzene rings is 2. The van der Waals surface area contributed by atoms with Crippen molar-refractivity contribution in [2.45, 2.75) is 6.42 Å². The minimum atomic E-state index is 0.544. The summed E-state index contributed by atoms with van der Waals surface area (Å²) in [5.74, 6) is 1.74. The van der Waals surface area contributed by atoms with Gasteiger partial charge < -0.3 is 19.9 Å². The second-order valence-corrected chi connectivity index (χ2v) is 5.14. The van der Waals surface area contributed by atoms with E-state index in [4.69, 9.17) is 31.5 Å². The van der Waals surface area contributed by atoms with Crippen molar-refractivity contribution in [2.75, 3.05) is 27.9 Å². The first-order chi connectivity index (χ1) is 10.7. The van der Waals surface area contributed by atoms with Gasteiger partial charge in [-0.25, -0.2) is 0 Å². The summed E-state index contributed by atoms with van der Waals surface area (Å²) in [5.41, 5.74) is 8.49. The average Bonchev–Trinajstić information content (AvgIpc) is 2.55. The Morgan fingerprint density at radius 2 is 1.64 bits per heavy atom. The second kappa shape index (κ2) is 7.38. The Morgan fingerprint density at radius 3 is 2.23 bits per heavy atom. The van der Waals surface area contributed by atoms with Gasteiger partial charge in [0.1, 0.15) is 0 Å². The summed E-state index contributed by atoms with van der Waals surface area (Å²) in [6, 6.07) is 9.62. The van der Waals surface area contributed by atoms with Crippen LogP contribution in [0.5, 0.6) is 17.2 Å². The lowest BCUT2D eigenvalue weighted by Gasteiger charge is -2.17. The summed E-state index contributed by atoms with van der Waals surface area (Å²) in [6.07, 6.45) is 0.791. The first-order valence-electron chi connectivity index (χ1n) is 6.94. The van der Waals surface area contributed by atoms with Gasteiger partial charge in [0.15, 0.2) is 11.5 Å². The van der Waals surface area contributed by atoms with Crippen molar-refractivity contribution in [3.8, 4) is 28.4 Å². The summed E-state index contributed by atoms with van der Waals surface area (Å²) >= 11 is 6.37. The molecule has 2 aromatic rings. The topological polar surface area (TPSA) is 53.7 Å². The maximum absolute atomic E-state index is 6.37. The van der Waals surface area contributed by atoms with Crippen LogP contribution in [-0.4, -0.2) is 27.9 Å². The van der Waals surface area contributed by atoms with Crippen LogP contribution in [-0.2, 0) is 6.42 Å².